The van der Waals surface area contributed by atoms with Gasteiger partial charge in [0.25, 0.3) is 5.91 Å². The van der Waals surface area contributed by atoms with Gasteiger partial charge in [0.1, 0.15) is 11.4 Å². The Hall–Kier alpha value is -5.58. The lowest BCUT2D eigenvalue weighted by Crippen LogP contribution is -2.17. The first-order valence-electron chi connectivity index (χ1n) is 15.1. The number of carbonyl (C=O) groups excluding carboxylic acids is 1. The number of aliphatic imine (C=N–C) groups is 1. The van der Waals surface area contributed by atoms with Crippen molar-refractivity contribution >= 4 is 34.2 Å². The number of nitrogens with two attached hydrogens (primary N) is 3. The maximum absolute atomic E-state index is 10.7. The second-order valence-electron chi connectivity index (χ2n) is 11.5. The van der Waals surface area contributed by atoms with E-state index in [2.05, 4.69) is 60.6 Å². The third-order valence-corrected chi connectivity index (χ3v) is 6.95. The molecule has 1 aliphatic rings. The summed E-state index contributed by atoms with van der Waals surface area (Å²) in [4.78, 5) is 28.6. The Kier molecular flexibility index (Phi) is 10.8. The molecule has 1 amide bonds. The number of fused-ring (bicyclic) bond motifs is 2. The topological polar surface area (TPSA) is 169 Å². The predicted octanol–water partition coefficient (Wildman–Crippen LogP) is 5.38. The molecular formula is C35H42N10O. The third kappa shape index (κ3) is 7.73. The van der Waals surface area contributed by atoms with E-state index in [1.165, 1.54) is 23.7 Å². The van der Waals surface area contributed by atoms with Crippen LogP contribution in [-0.2, 0) is 12.8 Å². The second-order valence-corrected chi connectivity index (χ2v) is 11.5. The molecule has 0 saturated carbocycles. The van der Waals surface area contributed by atoms with Crippen LogP contribution in [0.2, 0.25) is 0 Å². The largest absolute Gasteiger partial charge is 0.397 e. The fourth-order valence-electron chi connectivity index (χ4n) is 4.90. The van der Waals surface area contributed by atoms with Gasteiger partial charge in [0.05, 0.1) is 23.0 Å². The van der Waals surface area contributed by atoms with E-state index in [1.807, 2.05) is 35.0 Å². The van der Waals surface area contributed by atoms with Crippen molar-refractivity contribution in [3.8, 4) is 11.5 Å². The number of aromatic nitrogens is 6. The number of nitrogens with zero attached hydrogens (tertiary/aromatic N) is 7. The minimum Gasteiger partial charge on any atom is -0.397 e. The number of benzene rings is 1. The number of primary amides is 1. The number of amides is 1. The molecule has 6 N–H and O–H groups in total. The molecule has 4 aromatic heterocycles. The standard InChI is InChI=1S/C24H23N7.C7H9N3O.C4H10/c1-3-6-19(22(25)26-2)23-28-20-11-12-21(30-14-5-13-27-30)29-24(20)31(23)18-10-9-16-7-4-8-17(16)15-18;1-4-2-5(7(9)11)6(8)3-10-4;1-4(2)3/h3,5-6,9-15H,1,4,7-8H2,2H3,(H2,25,26);2-3H,8H2,1H3,(H2,9,11);4H,1-3H3/b19-6+;;. The average Bonchev–Trinajstić information content (AvgIpc) is 3.80. The highest BCUT2D eigenvalue weighted by molar-refractivity contribution is 6.21. The van der Waals surface area contributed by atoms with Crippen molar-refractivity contribution in [3.05, 3.63) is 108 Å². The van der Waals surface area contributed by atoms with Crippen molar-refractivity contribution in [1.82, 2.24) is 29.3 Å². The Bertz CT molecular complexity index is 1900. The zero-order valence-electron chi connectivity index (χ0n) is 27.1. The molecular weight excluding hydrogens is 576 g/mol. The highest BCUT2D eigenvalue weighted by Crippen LogP contribution is 2.30. The molecule has 5 aromatic rings. The lowest BCUT2D eigenvalue weighted by molar-refractivity contribution is 0.100. The Morgan fingerprint density at radius 3 is 2.43 bits per heavy atom. The van der Waals surface area contributed by atoms with Crippen LogP contribution in [0.4, 0.5) is 5.69 Å². The fraction of sp³-hybridized carbons (Fsp3) is 0.257. The van der Waals surface area contributed by atoms with Crippen molar-refractivity contribution in [2.24, 2.45) is 22.4 Å². The number of pyridine rings is 2. The van der Waals surface area contributed by atoms with E-state index in [0.29, 0.717) is 28.5 Å². The number of hydrogen-bond acceptors (Lipinski definition) is 7. The van der Waals surface area contributed by atoms with Gasteiger partial charge in [-0.2, -0.15) is 5.10 Å². The van der Waals surface area contributed by atoms with Crippen molar-refractivity contribution < 1.29 is 4.79 Å². The smallest absolute Gasteiger partial charge is 0.250 e. The van der Waals surface area contributed by atoms with E-state index in [4.69, 9.17) is 27.2 Å². The molecule has 0 bridgehead atoms. The Morgan fingerprint density at radius 1 is 1.07 bits per heavy atom. The first-order valence-corrected chi connectivity index (χ1v) is 15.1. The van der Waals surface area contributed by atoms with Gasteiger partial charge in [0.15, 0.2) is 17.3 Å². The second kappa shape index (κ2) is 14.9. The third-order valence-electron chi connectivity index (χ3n) is 6.95. The highest BCUT2D eigenvalue weighted by Gasteiger charge is 2.21. The molecule has 0 atom stereocenters. The van der Waals surface area contributed by atoms with Crippen LogP contribution in [0.25, 0.3) is 28.2 Å². The van der Waals surface area contributed by atoms with Gasteiger partial charge in [0.2, 0.25) is 0 Å². The zero-order chi connectivity index (χ0) is 33.4. The van der Waals surface area contributed by atoms with Gasteiger partial charge in [-0.3, -0.25) is 19.3 Å². The van der Waals surface area contributed by atoms with E-state index in [1.54, 1.807) is 37.0 Å². The summed E-state index contributed by atoms with van der Waals surface area (Å²) >= 11 is 0. The Morgan fingerprint density at radius 2 is 1.80 bits per heavy atom. The number of rotatable bonds is 6. The molecule has 1 aromatic carbocycles. The summed E-state index contributed by atoms with van der Waals surface area (Å²) < 4.78 is 3.79. The molecule has 11 nitrogen and oxygen atoms in total. The maximum atomic E-state index is 10.7. The molecule has 0 fully saturated rings. The summed E-state index contributed by atoms with van der Waals surface area (Å²) in [6, 6.07) is 13.9. The van der Waals surface area contributed by atoms with Crippen LogP contribution in [0, 0.1) is 12.8 Å². The van der Waals surface area contributed by atoms with E-state index < -0.39 is 5.91 Å². The highest BCUT2D eigenvalue weighted by atomic mass is 16.1. The van der Waals surface area contributed by atoms with Crippen molar-refractivity contribution in [2.45, 2.75) is 47.0 Å². The number of anilines is 1. The Labute approximate surface area is 269 Å². The zero-order valence-corrected chi connectivity index (χ0v) is 27.1. The summed E-state index contributed by atoms with van der Waals surface area (Å²) in [5.74, 6) is 2.11. The molecule has 238 valence electrons. The molecule has 0 saturated heterocycles. The summed E-state index contributed by atoms with van der Waals surface area (Å²) in [6.45, 7) is 12.1. The van der Waals surface area contributed by atoms with Crippen molar-refractivity contribution in [2.75, 3.05) is 12.8 Å². The van der Waals surface area contributed by atoms with Crippen LogP contribution in [0.5, 0.6) is 0 Å². The summed E-state index contributed by atoms with van der Waals surface area (Å²) in [7, 11) is 1.67. The van der Waals surface area contributed by atoms with Crippen LogP contribution >= 0.6 is 0 Å². The minimum absolute atomic E-state index is 0.322. The van der Waals surface area contributed by atoms with Crippen LogP contribution in [0.15, 0.2) is 84.8 Å². The van der Waals surface area contributed by atoms with E-state index in [0.717, 1.165) is 47.1 Å². The molecule has 11 heteroatoms. The summed E-state index contributed by atoms with van der Waals surface area (Å²) in [5, 5.41) is 4.32. The van der Waals surface area contributed by atoms with Crippen molar-refractivity contribution in [1.29, 1.82) is 0 Å². The maximum Gasteiger partial charge on any atom is 0.250 e. The minimum atomic E-state index is -0.520. The average molecular weight is 619 g/mol. The van der Waals surface area contributed by atoms with Crippen LogP contribution in [-0.4, -0.2) is 48.1 Å². The monoisotopic (exact) mass is 618 g/mol. The first kappa shape index (κ1) is 33.3. The van der Waals surface area contributed by atoms with Gasteiger partial charge in [-0.1, -0.05) is 39.5 Å². The predicted molar refractivity (Wildman–Crippen MR) is 186 cm³/mol. The SMILES string of the molecule is C=C/C=C(\C(N)=NC)c1nc2ccc(-n3cccn3)nc2n1-c1ccc2c(c1)CCC2.CC(C)C.Cc1cc(C(N)=O)c(N)cn1. The van der Waals surface area contributed by atoms with Gasteiger partial charge in [-0.15, -0.1) is 0 Å². The van der Waals surface area contributed by atoms with Gasteiger partial charge in [0, 0.05) is 30.8 Å². The van der Waals surface area contributed by atoms with Gasteiger partial charge >= 0.3 is 0 Å². The van der Waals surface area contributed by atoms with Gasteiger partial charge < -0.3 is 17.2 Å². The molecule has 4 heterocycles. The first-order chi connectivity index (χ1) is 22.0. The van der Waals surface area contributed by atoms with E-state index in [9.17, 15) is 4.79 Å². The molecule has 6 rings (SSSR count). The number of aryl methyl sites for hydroxylation is 3. The van der Waals surface area contributed by atoms with E-state index >= 15 is 0 Å². The number of hydrogen-bond donors (Lipinski definition) is 3. The summed E-state index contributed by atoms with van der Waals surface area (Å²) in [6.07, 6.45) is 12.0. The molecule has 0 unspecified atom stereocenters. The van der Waals surface area contributed by atoms with Gasteiger partial charge in [-0.05, 0) is 85.7 Å². The number of carbonyl (C=O) groups is 1. The van der Waals surface area contributed by atoms with Crippen LogP contribution < -0.4 is 17.2 Å². The molecule has 0 radical (unpaired) electrons. The normalized spacial score (nSPS) is 12.7. The number of amidine groups is 1. The van der Waals surface area contributed by atoms with Crippen LogP contribution in [0.1, 0.15) is 60.2 Å². The van der Waals surface area contributed by atoms with Gasteiger partial charge in [-0.25, -0.2) is 14.6 Å². The molecule has 1 aliphatic carbocycles. The Balaban J connectivity index is 0.000000266. The quantitative estimate of drug-likeness (QED) is 0.130. The van der Waals surface area contributed by atoms with E-state index in [-0.39, 0.29) is 0 Å². The fourth-order valence-corrected chi connectivity index (χ4v) is 4.90. The lowest BCUT2D eigenvalue weighted by atomic mass is 10.1. The number of allylic oxidation sites excluding steroid dienone is 2. The van der Waals surface area contributed by atoms with Crippen LogP contribution in [0.3, 0.4) is 0 Å². The summed E-state index contributed by atoms with van der Waals surface area (Å²) in [5.41, 5.74) is 24.1. The lowest BCUT2D eigenvalue weighted by Gasteiger charge is -2.13. The molecule has 0 aliphatic heterocycles. The number of imidazole rings is 1. The molecule has 46 heavy (non-hydrogen) atoms. The van der Waals surface area contributed by atoms with Crippen molar-refractivity contribution in [3.63, 3.8) is 0 Å². The number of nitrogen functional groups attached to an aromatic ring is 1. The molecule has 0 spiro atoms.